The molecule has 1 aliphatic carbocycles. The third-order valence-electron chi connectivity index (χ3n) is 4.61. The van der Waals surface area contributed by atoms with Crippen LogP contribution < -0.4 is 10.1 Å². The Balaban J connectivity index is 1.33. The lowest BCUT2D eigenvalue weighted by Crippen LogP contribution is -2.12. The minimum Gasteiger partial charge on any atom is -0.497 e. The zero-order chi connectivity index (χ0) is 18.6. The zero-order valence-corrected chi connectivity index (χ0v) is 15.1. The molecule has 1 saturated carbocycles. The monoisotopic (exact) mass is 363 g/mol. The van der Waals surface area contributed by atoms with Crippen molar-refractivity contribution in [2.45, 2.75) is 31.7 Å². The van der Waals surface area contributed by atoms with Crippen LogP contribution in [0.1, 0.15) is 30.9 Å². The second-order valence-electron chi connectivity index (χ2n) is 6.65. The van der Waals surface area contributed by atoms with Crippen molar-refractivity contribution in [2.24, 2.45) is 0 Å². The van der Waals surface area contributed by atoms with Crippen molar-refractivity contribution in [1.29, 1.82) is 0 Å². The number of methoxy groups -OCH3 is 1. The number of nitrogens with one attached hydrogen (secondary N) is 1. The van der Waals surface area contributed by atoms with Gasteiger partial charge in [-0.2, -0.15) is 0 Å². The summed E-state index contributed by atoms with van der Waals surface area (Å²) in [5.74, 6) is 1.58. The molecule has 0 unspecified atom stereocenters. The molecule has 0 atom stereocenters. The fourth-order valence-corrected chi connectivity index (χ4v) is 2.92. The van der Waals surface area contributed by atoms with Gasteiger partial charge in [-0.1, -0.05) is 12.1 Å². The molecule has 0 saturated heterocycles. The fourth-order valence-electron chi connectivity index (χ4n) is 2.92. The Morgan fingerprint density at radius 2 is 1.89 bits per heavy atom. The first kappa shape index (κ1) is 17.2. The summed E-state index contributed by atoms with van der Waals surface area (Å²) in [5.41, 5.74) is 2.82. The number of amides is 1. The Morgan fingerprint density at radius 1 is 1.15 bits per heavy atom. The minimum absolute atomic E-state index is 0.0126. The molecule has 0 spiro atoms. The van der Waals surface area contributed by atoms with Gasteiger partial charge in [0.15, 0.2) is 5.82 Å². The lowest BCUT2D eigenvalue weighted by molar-refractivity contribution is -0.116. The van der Waals surface area contributed by atoms with Crippen molar-refractivity contribution >= 4 is 11.6 Å². The van der Waals surface area contributed by atoms with Crippen LogP contribution in [0.25, 0.3) is 11.4 Å². The third kappa shape index (κ3) is 4.13. The van der Waals surface area contributed by atoms with Gasteiger partial charge < -0.3 is 10.1 Å². The number of hydrogen-bond acceptors (Lipinski definition) is 5. The Bertz CT molecular complexity index is 914. The Kier molecular flexibility index (Phi) is 4.82. The van der Waals surface area contributed by atoms with Crippen LogP contribution in [0.2, 0.25) is 0 Å². The number of anilines is 1. The summed E-state index contributed by atoms with van der Waals surface area (Å²) in [4.78, 5) is 12.2. The zero-order valence-electron chi connectivity index (χ0n) is 15.1. The minimum atomic E-state index is -0.0126. The highest BCUT2D eigenvalue weighted by Gasteiger charge is 2.28. The van der Waals surface area contributed by atoms with Crippen molar-refractivity contribution in [3.8, 4) is 17.1 Å². The van der Waals surface area contributed by atoms with Crippen LogP contribution in [0, 0.1) is 0 Å². The lowest BCUT2D eigenvalue weighted by Gasteiger charge is -2.07. The van der Waals surface area contributed by atoms with Crippen LogP contribution in [0.3, 0.4) is 0 Å². The van der Waals surface area contributed by atoms with Crippen molar-refractivity contribution < 1.29 is 9.53 Å². The number of carbonyl (C=O) groups excluding carboxylic acids is 1. The summed E-state index contributed by atoms with van der Waals surface area (Å²) >= 11 is 0. The van der Waals surface area contributed by atoms with Gasteiger partial charge in [0.05, 0.1) is 13.2 Å². The summed E-state index contributed by atoms with van der Waals surface area (Å²) in [7, 11) is 1.64. The van der Waals surface area contributed by atoms with Crippen molar-refractivity contribution in [3.63, 3.8) is 0 Å². The first-order valence-corrected chi connectivity index (χ1v) is 9.04. The van der Waals surface area contributed by atoms with Crippen LogP contribution in [-0.4, -0.2) is 33.2 Å². The number of aromatic nitrogens is 4. The number of rotatable bonds is 7. The standard InChI is InChI=1S/C20H21N5O2/c1-27-18-11-2-14(3-12-18)4-13-19(26)21-16-7-5-15(6-8-16)20-22-23-24-25(20)17-9-10-17/h2-3,5-8,11-12,17H,4,9-10,13H2,1H3,(H,21,26). The summed E-state index contributed by atoms with van der Waals surface area (Å²) in [6, 6.07) is 15.8. The molecule has 7 heteroatoms. The van der Waals surface area contributed by atoms with Gasteiger partial charge in [-0.15, -0.1) is 5.10 Å². The number of nitrogens with zero attached hydrogens (tertiary/aromatic N) is 4. The van der Waals surface area contributed by atoms with Gasteiger partial charge in [-0.25, -0.2) is 4.68 Å². The molecule has 7 nitrogen and oxygen atoms in total. The second-order valence-corrected chi connectivity index (χ2v) is 6.65. The van der Waals surface area contributed by atoms with Gasteiger partial charge in [0.2, 0.25) is 5.91 Å². The topological polar surface area (TPSA) is 81.9 Å². The number of carbonyl (C=O) groups is 1. The van der Waals surface area contributed by atoms with Crippen molar-refractivity contribution in [1.82, 2.24) is 20.2 Å². The molecular formula is C20H21N5O2. The van der Waals surface area contributed by atoms with E-state index in [1.807, 2.05) is 53.2 Å². The lowest BCUT2D eigenvalue weighted by atomic mass is 10.1. The highest BCUT2D eigenvalue weighted by molar-refractivity contribution is 5.91. The highest BCUT2D eigenvalue weighted by Crippen LogP contribution is 2.36. The number of hydrogen-bond donors (Lipinski definition) is 1. The van der Waals surface area contributed by atoms with Gasteiger partial charge >= 0.3 is 0 Å². The molecule has 1 aromatic heterocycles. The Hall–Kier alpha value is -3.22. The van der Waals surface area contributed by atoms with E-state index in [0.717, 1.165) is 41.2 Å². The van der Waals surface area contributed by atoms with E-state index in [0.29, 0.717) is 18.9 Å². The smallest absolute Gasteiger partial charge is 0.224 e. The van der Waals surface area contributed by atoms with Gasteiger partial charge in [0.25, 0.3) is 0 Å². The first-order valence-electron chi connectivity index (χ1n) is 9.04. The van der Waals surface area contributed by atoms with Crippen molar-refractivity contribution in [2.75, 3.05) is 12.4 Å². The molecule has 0 aliphatic heterocycles. The van der Waals surface area contributed by atoms with E-state index in [-0.39, 0.29) is 5.91 Å². The molecule has 27 heavy (non-hydrogen) atoms. The van der Waals surface area contributed by atoms with E-state index >= 15 is 0 Å². The number of ether oxygens (including phenoxy) is 1. The predicted molar refractivity (Wildman–Crippen MR) is 101 cm³/mol. The Labute approximate surface area is 157 Å². The molecule has 4 rings (SSSR count). The van der Waals surface area contributed by atoms with Gasteiger partial charge in [0.1, 0.15) is 5.75 Å². The fraction of sp³-hybridized carbons (Fsp3) is 0.300. The molecule has 1 heterocycles. The molecule has 1 fully saturated rings. The van der Waals surface area contributed by atoms with Crippen LogP contribution >= 0.6 is 0 Å². The maximum atomic E-state index is 12.2. The largest absolute Gasteiger partial charge is 0.497 e. The van der Waals surface area contributed by atoms with Gasteiger partial charge in [0, 0.05) is 17.7 Å². The second kappa shape index (κ2) is 7.57. The number of benzene rings is 2. The average Bonchev–Trinajstić information content (AvgIpc) is 3.44. The molecule has 0 radical (unpaired) electrons. The van der Waals surface area contributed by atoms with Crippen LogP contribution in [0.15, 0.2) is 48.5 Å². The van der Waals surface area contributed by atoms with E-state index in [1.165, 1.54) is 0 Å². The SMILES string of the molecule is COc1ccc(CCC(=O)Nc2ccc(-c3nnnn3C3CC3)cc2)cc1. The maximum Gasteiger partial charge on any atom is 0.224 e. The molecule has 1 amide bonds. The van der Waals surface area contributed by atoms with E-state index in [9.17, 15) is 4.79 Å². The summed E-state index contributed by atoms with van der Waals surface area (Å²) in [6.07, 6.45) is 3.36. The molecular weight excluding hydrogens is 342 g/mol. The summed E-state index contributed by atoms with van der Waals surface area (Å²) in [6.45, 7) is 0. The summed E-state index contributed by atoms with van der Waals surface area (Å²) < 4.78 is 7.02. The van der Waals surface area contributed by atoms with Crippen LogP contribution in [-0.2, 0) is 11.2 Å². The van der Waals surface area contributed by atoms with E-state index in [1.54, 1.807) is 7.11 Å². The van der Waals surface area contributed by atoms with Gasteiger partial charge in [-0.3, -0.25) is 4.79 Å². The molecule has 3 aromatic rings. The van der Waals surface area contributed by atoms with Gasteiger partial charge in [-0.05, 0) is 71.7 Å². The first-order chi connectivity index (χ1) is 13.2. The summed E-state index contributed by atoms with van der Waals surface area (Å²) in [5, 5.41) is 14.9. The van der Waals surface area contributed by atoms with Crippen molar-refractivity contribution in [3.05, 3.63) is 54.1 Å². The van der Waals surface area contributed by atoms with E-state index in [4.69, 9.17) is 4.74 Å². The van der Waals surface area contributed by atoms with Crippen LogP contribution in [0.4, 0.5) is 5.69 Å². The molecule has 138 valence electrons. The van der Waals surface area contributed by atoms with E-state index < -0.39 is 0 Å². The normalized spacial score (nSPS) is 13.4. The molecule has 0 bridgehead atoms. The molecule has 2 aromatic carbocycles. The Morgan fingerprint density at radius 3 is 2.56 bits per heavy atom. The average molecular weight is 363 g/mol. The van der Waals surface area contributed by atoms with Crippen LogP contribution in [0.5, 0.6) is 5.75 Å². The molecule has 1 aliphatic rings. The third-order valence-corrected chi connectivity index (χ3v) is 4.61. The number of aryl methyl sites for hydroxylation is 1. The molecule has 1 N–H and O–H groups in total. The van der Waals surface area contributed by atoms with E-state index in [2.05, 4.69) is 20.8 Å². The number of tetrazole rings is 1. The maximum absolute atomic E-state index is 12.2. The predicted octanol–water partition coefficient (Wildman–Crippen LogP) is 3.25. The highest BCUT2D eigenvalue weighted by atomic mass is 16.5. The quantitative estimate of drug-likeness (QED) is 0.697.